The first-order chi connectivity index (χ1) is 15.0. The van der Waals surface area contributed by atoms with Crippen LogP contribution >= 0.6 is 0 Å². The number of amides is 3. The zero-order chi connectivity index (χ0) is 22.2. The van der Waals surface area contributed by atoms with Crippen LogP contribution in [0.5, 0.6) is 5.75 Å². The molecule has 31 heavy (non-hydrogen) atoms. The SMILES string of the molecule is CCC(=O)Nc1ccc(C(C)NC(=O)NC2CCN(c3ccc(OC)cc3)CC2)cc1. The summed E-state index contributed by atoms with van der Waals surface area (Å²) < 4.78 is 5.22. The van der Waals surface area contributed by atoms with Crippen LogP contribution in [-0.4, -0.2) is 38.2 Å². The second kappa shape index (κ2) is 10.7. The van der Waals surface area contributed by atoms with E-state index in [1.807, 2.05) is 50.2 Å². The van der Waals surface area contributed by atoms with Gasteiger partial charge in [-0.15, -0.1) is 0 Å². The van der Waals surface area contributed by atoms with Gasteiger partial charge < -0.3 is 25.6 Å². The van der Waals surface area contributed by atoms with E-state index in [9.17, 15) is 9.59 Å². The molecule has 1 fully saturated rings. The van der Waals surface area contributed by atoms with Crippen molar-refractivity contribution < 1.29 is 14.3 Å². The molecule has 0 radical (unpaired) electrons. The summed E-state index contributed by atoms with van der Waals surface area (Å²) in [4.78, 5) is 26.3. The minimum Gasteiger partial charge on any atom is -0.497 e. The average Bonchev–Trinajstić information content (AvgIpc) is 2.80. The summed E-state index contributed by atoms with van der Waals surface area (Å²) in [6.45, 7) is 5.57. The fourth-order valence-corrected chi connectivity index (χ4v) is 3.69. The maximum Gasteiger partial charge on any atom is 0.315 e. The second-order valence-corrected chi connectivity index (χ2v) is 7.82. The van der Waals surface area contributed by atoms with Crippen molar-refractivity contribution >= 4 is 23.3 Å². The summed E-state index contributed by atoms with van der Waals surface area (Å²) in [7, 11) is 1.67. The zero-order valence-corrected chi connectivity index (χ0v) is 18.5. The molecular formula is C24H32N4O3. The summed E-state index contributed by atoms with van der Waals surface area (Å²) in [5.41, 5.74) is 2.92. The highest BCUT2D eigenvalue weighted by molar-refractivity contribution is 5.90. The van der Waals surface area contributed by atoms with Gasteiger partial charge in [0, 0.05) is 36.9 Å². The molecule has 1 atom stereocenters. The van der Waals surface area contributed by atoms with E-state index < -0.39 is 0 Å². The fourth-order valence-electron chi connectivity index (χ4n) is 3.69. The molecular weight excluding hydrogens is 392 g/mol. The van der Waals surface area contributed by atoms with Gasteiger partial charge in [-0.2, -0.15) is 0 Å². The molecule has 2 aromatic carbocycles. The van der Waals surface area contributed by atoms with E-state index in [0.717, 1.165) is 42.9 Å². The van der Waals surface area contributed by atoms with Gasteiger partial charge in [-0.05, 0) is 61.7 Å². The molecule has 1 saturated heterocycles. The van der Waals surface area contributed by atoms with Crippen molar-refractivity contribution in [2.45, 2.75) is 45.2 Å². The first-order valence-electron chi connectivity index (χ1n) is 10.8. The number of carbonyl (C=O) groups is 2. The Labute approximate surface area is 184 Å². The number of methoxy groups -OCH3 is 1. The Morgan fingerprint density at radius 1 is 1.06 bits per heavy atom. The topological polar surface area (TPSA) is 82.7 Å². The van der Waals surface area contributed by atoms with E-state index in [0.29, 0.717) is 6.42 Å². The van der Waals surface area contributed by atoms with Crippen molar-refractivity contribution in [3.63, 3.8) is 0 Å². The minimum absolute atomic E-state index is 0.0173. The number of hydrogen-bond donors (Lipinski definition) is 3. The molecule has 0 saturated carbocycles. The fraction of sp³-hybridized carbons (Fsp3) is 0.417. The Hall–Kier alpha value is -3.22. The summed E-state index contributed by atoms with van der Waals surface area (Å²) in [6, 6.07) is 15.5. The van der Waals surface area contributed by atoms with Crippen LogP contribution in [0.4, 0.5) is 16.2 Å². The first-order valence-corrected chi connectivity index (χ1v) is 10.8. The smallest absolute Gasteiger partial charge is 0.315 e. The Bertz CT molecular complexity index is 859. The van der Waals surface area contributed by atoms with Crippen molar-refractivity contribution in [3.8, 4) is 5.75 Å². The number of anilines is 2. The molecule has 1 heterocycles. The maximum atomic E-state index is 12.5. The third kappa shape index (κ3) is 6.38. The molecule has 0 spiro atoms. The van der Waals surface area contributed by atoms with Crippen LogP contribution < -0.4 is 25.6 Å². The van der Waals surface area contributed by atoms with Gasteiger partial charge >= 0.3 is 6.03 Å². The highest BCUT2D eigenvalue weighted by Gasteiger charge is 2.21. The van der Waals surface area contributed by atoms with Gasteiger partial charge in [-0.1, -0.05) is 19.1 Å². The molecule has 3 N–H and O–H groups in total. The lowest BCUT2D eigenvalue weighted by Gasteiger charge is -2.34. The minimum atomic E-state index is -0.154. The predicted octanol–water partition coefficient (Wildman–Crippen LogP) is 4.07. The van der Waals surface area contributed by atoms with Crippen molar-refractivity contribution in [3.05, 3.63) is 54.1 Å². The molecule has 1 unspecified atom stereocenters. The Balaban J connectivity index is 1.43. The standard InChI is InChI=1S/C24H32N4O3/c1-4-23(29)26-19-7-5-18(6-8-19)17(2)25-24(30)27-20-13-15-28(16-14-20)21-9-11-22(31-3)12-10-21/h5-12,17,20H,4,13-16H2,1-3H3,(H,26,29)(H2,25,27,30). The zero-order valence-electron chi connectivity index (χ0n) is 18.5. The Kier molecular flexibility index (Phi) is 7.76. The normalized spacial score (nSPS) is 15.1. The number of rotatable bonds is 7. The molecule has 0 bridgehead atoms. The molecule has 0 aliphatic carbocycles. The first kappa shape index (κ1) is 22.5. The molecule has 1 aliphatic heterocycles. The number of piperidine rings is 1. The van der Waals surface area contributed by atoms with Gasteiger partial charge in [0.2, 0.25) is 5.91 Å². The second-order valence-electron chi connectivity index (χ2n) is 7.82. The molecule has 2 aromatic rings. The number of benzene rings is 2. The lowest BCUT2D eigenvalue weighted by Crippen LogP contribution is -2.48. The van der Waals surface area contributed by atoms with Crippen molar-refractivity contribution in [2.24, 2.45) is 0 Å². The highest BCUT2D eigenvalue weighted by Crippen LogP contribution is 2.23. The predicted molar refractivity (Wildman–Crippen MR) is 124 cm³/mol. The van der Waals surface area contributed by atoms with E-state index in [1.165, 1.54) is 5.69 Å². The molecule has 0 aromatic heterocycles. The van der Waals surface area contributed by atoms with Crippen LogP contribution in [0.1, 0.15) is 44.7 Å². The molecule has 7 nitrogen and oxygen atoms in total. The molecule has 3 amide bonds. The quantitative estimate of drug-likeness (QED) is 0.626. The largest absolute Gasteiger partial charge is 0.497 e. The molecule has 1 aliphatic rings. The number of nitrogens with one attached hydrogen (secondary N) is 3. The Morgan fingerprint density at radius 3 is 2.29 bits per heavy atom. The van der Waals surface area contributed by atoms with Crippen LogP contribution in [0, 0.1) is 0 Å². The third-order valence-electron chi connectivity index (χ3n) is 5.63. The lowest BCUT2D eigenvalue weighted by molar-refractivity contribution is -0.115. The Morgan fingerprint density at radius 2 is 1.71 bits per heavy atom. The van der Waals surface area contributed by atoms with Crippen LogP contribution in [0.2, 0.25) is 0 Å². The number of carbonyl (C=O) groups excluding carboxylic acids is 2. The summed E-state index contributed by atoms with van der Waals surface area (Å²) in [5, 5.41) is 8.93. The van der Waals surface area contributed by atoms with Crippen molar-refractivity contribution in [1.29, 1.82) is 0 Å². The van der Waals surface area contributed by atoms with Gasteiger partial charge in [-0.3, -0.25) is 4.79 Å². The van der Waals surface area contributed by atoms with E-state index in [1.54, 1.807) is 7.11 Å². The average molecular weight is 425 g/mol. The van der Waals surface area contributed by atoms with Gasteiger partial charge in [0.15, 0.2) is 0 Å². The monoisotopic (exact) mass is 424 g/mol. The van der Waals surface area contributed by atoms with Crippen molar-refractivity contribution in [1.82, 2.24) is 10.6 Å². The number of hydrogen-bond acceptors (Lipinski definition) is 4. The highest BCUT2D eigenvalue weighted by atomic mass is 16.5. The summed E-state index contributed by atoms with van der Waals surface area (Å²) >= 11 is 0. The molecule has 166 valence electrons. The van der Waals surface area contributed by atoms with Gasteiger partial charge in [-0.25, -0.2) is 4.79 Å². The number of ether oxygens (including phenoxy) is 1. The molecule has 3 rings (SSSR count). The van der Waals surface area contributed by atoms with E-state index in [4.69, 9.17) is 4.74 Å². The number of nitrogens with zero attached hydrogens (tertiary/aromatic N) is 1. The van der Waals surface area contributed by atoms with Crippen molar-refractivity contribution in [2.75, 3.05) is 30.4 Å². The van der Waals surface area contributed by atoms with Crippen LogP contribution in [0.3, 0.4) is 0 Å². The van der Waals surface area contributed by atoms with Crippen LogP contribution in [0.25, 0.3) is 0 Å². The van der Waals surface area contributed by atoms with Gasteiger partial charge in [0.05, 0.1) is 13.2 Å². The van der Waals surface area contributed by atoms with Gasteiger partial charge in [0.1, 0.15) is 5.75 Å². The summed E-state index contributed by atoms with van der Waals surface area (Å²) in [6.07, 6.45) is 2.25. The summed E-state index contributed by atoms with van der Waals surface area (Å²) in [5.74, 6) is 0.836. The van der Waals surface area contributed by atoms with Crippen LogP contribution in [0.15, 0.2) is 48.5 Å². The number of urea groups is 1. The lowest BCUT2D eigenvalue weighted by atomic mass is 10.0. The van der Waals surface area contributed by atoms with E-state index in [-0.39, 0.29) is 24.0 Å². The molecule has 7 heteroatoms. The third-order valence-corrected chi connectivity index (χ3v) is 5.63. The van der Waals surface area contributed by atoms with Gasteiger partial charge in [0.25, 0.3) is 0 Å². The van der Waals surface area contributed by atoms with E-state index in [2.05, 4.69) is 33.0 Å². The van der Waals surface area contributed by atoms with Crippen LogP contribution in [-0.2, 0) is 4.79 Å². The maximum absolute atomic E-state index is 12.5. The van der Waals surface area contributed by atoms with E-state index >= 15 is 0 Å².